The molecule has 0 radical (unpaired) electrons. The van der Waals surface area contributed by atoms with E-state index < -0.39 is 18.9 Å². The number of amides is 1. The predicted octanol–water partition coefficient (Wildman–Crippen LogP) is 1.58. The maximum Gasteiger partial charge on any atom is 0.255 e. The molecule has 16 heavy (non-hydrogen) atoms. The summed E-state index contributed by atoms with van der Waals surface area (Å²) in [5.74, 6) is -0.463. The quantitative estimate of drug-likeness (QED) is 0.775. The second-order valence-electron chi connectivity index (χ2n) is 2.96. The van der Waals surface area contributed by atoms with Crippen LogP contribution in [0.5, 0.6) is 0 Å². The second kappa shape index (κ2) is 6.47. The van der Waals surface area contributed by atoms with Gasteiger partial charge in [-0.2, -0.15) is 10.2 Å². The third kappa shape index (κ3) is 3.80. The highest BCUT2D eigenvalue weighted by Gasteiger charge is 2.19. The highest BCUT2D eigenvalue weighted by atomic mass is 79.9. The van der Waals surface area contributed by atoms with E-state index in [1.807, 2.05) is 0 Å². The Morgan fingerprint density at radius 1 is 1.50 bits per heavy atom. The van der Waals surface area contributed by atoms with Crippen LogP contribution < -0.4 is 0 Å². The lowest BCUT2D eigenvalue weighted by Gasteiger charge is -2.20. The average molecular weight is 294 g/mol. The van der Waals surface area contributed by atoms with Crippen molar-refractivity contribution in [2.75, 3.05) is 18.4 Å². The third-order valence-electron chi connectivity index (χ3n) is 1.83. The van der Waals surface area contributed by atoms with Crippen molar-refractivity contribution in [3.63, 3.8) is 0 Å². The SMILES string of the molecule is O=C(c1ccnnc1)N(CCBr)CC(F)F. The number of rotatable bonds is 5. The van der Waals surface area contributed by atoms with Crippen LogP contribution >= 0.6 is 15.9 Å². The maximum absolute atomic E-state index is 12.2. The summed E-state index contributed by atoms with van der Waals surface area (Å²) in [4.78, 5) is 12.9. The first-order valence-corrected chi connectivity index (χ1v) is 5.67. The molecule has 0 unspecified atom stereocenters. The van der Waals surface area contributed by atoms with Crippen LogP contribution in [0.4, 0.5) is 8.78 Å². The predicted molar refractivity (Wildman–Crippen MR) is 57.7 cm³/mol. The van der Waals surface area contributed by atoms with Crippen LogP contribution in [0.25, 0.3) is 0 Å². The Kier molecular flexibility index (Phi) is 5.24. The zero-order chi connectivity index (χ0) is 12.0. The number of carbonyl (C=O) groups is 1. The third-order valence-corrected chi connectivity index (χ3v) is 2.19. The van der Waals surface area contributed by atoms with Gasteiger partial charge in [-0.05, 0) is 6.07 Å². The van der Waals surface area contributed by atoms with Crippen LogP contribution in [0.3, 0.4) is 0 Å². The lowest BCUT2D eigenvalue weighted by Crippen LogP contribution is -2.36. The van der Waals surface area contributed by atoms with Gasteiger partial charge in [0, 0.05) is 11.9 Å². The van der Waals surface area contributed by atoms with Gasteiger partial charge < -0.3 is 4.90 Å². The molecule has 4 nitrogen and oxygen atoms in total. The van der Waals surface area contributed by atoms with Crippen molar-refractivity contribution in [3.8, 4) is 0 Å². The second-order valence-corrected chi connectivity index (χ2v) is 3.76. The Balaban J connectivity index is 2.74. The monoisotopic (exact) mass is 293 g/mol. The number of hydrogen-bond donors (Lipinski definition) is 0. The molecular weight excluding hydrogens is 284 g/mol. The number of nitrogens with zero attached hydrogens (tertiary/aromatic N) is 3. The van der Waals surface area contributed by atoms with Crippen molar-refractivity contribution in [2.24, 2.45) is 0 Å². The summed E-state index contributed by atoms with van der Waals surface area (Å²) >= 11 is 3.11. The maximum atomic E-state index is 12.2. The Morgan fingerprint density at radius 3 is 2.75 bits per heavy atom. The zero-order valence-electron chi connectivity index (χ0n) is 8.31. The van der Waals surface area contributed by atoms with Crippen molar-refractivity contribution in [2.45, 2.75) is 6.43 Å². The molecule has 1 rings (SSSR count). The van der Waals surface area contributed by atoms with Crippen LogP contribution in [0.1, 0.15) is 10.4 Å². The summed E-state index contributed by atoms with van der Waals surface area (Å²) < 4.78 is 24.5. The lowest BCUT2D eigenvalue weighted by molar-refractivity contribution is 0.0572. The first-order chi connectivity index (χ1) is 7.65. The van der Waals surface area contributed by atoms with E-state index in [1.54, 1.807) is 0 Å². The first kappa shape index (κ1) is 13.0. The van der Waals surface area contributed by atoms with Gasteiger partial charge in [-0.15, -0.1) is 0 Å². The largest absolute Gasteiger partial charge is 0.332 e. The molecule has 1 heterocycles. The van der Waals surface area contributed by atoms with E-state index in [2.05, 4.69) is 26.1 Å². The van der Waals surface area contributed by atoms with Crippen molar-refractivity contribution >= 4 is 21.8 Å². The number of aromatic nitrogens is 2. The number of hydrogen-bond acceptors (Lipinski definition) is 3. The minimum Gasteiger partial charge on any atom is -0.332 e. The van der Waals surface area contributed by atoms with Gasteiger partial charge in [-0.25, -0.2) is 8.78 Å². The van der Waals surface area contributed by atoms with Gasteiger partial charge in [0.05, 0.1) is 24.5 Å². The molecular formula is C9H10BrF2N3O. The summed E-state index contributed by atoms with van der Waals surface area (Å²) in [6, 6.07) is 1.45. The topological polar surface area (TPSA) is 46.1 Å². The fourth-order valence-corrected chi connectivity index (χ4v) is 1.57. The van der Waals surface area contributed by atoms with Gasteiger partial charge in [-0.3, -0.25) is 4.79 Å². The molecule has 0 saturated heterocycles. The van der Waals surface area contributed by atoms with Gasteiger partial charge >= 0.3 is 0 Å². The van der Waals surface area contributed by atoms with E-state index in [0.29, 0.717) is 5.33 Å². The Labute approximate surface area is 99.8 Å². The Morgan fingerprint density at radius 2 is 2.25 bits per heavy atom. The van der Waals surface area contributed by atoms with Crippen LogP contribution in [-0.4, -0.2) is 45.8 Å². The van der Waals surface area contributed by atoms with E-state index in [0.717, 1.165) is 4.90 Å². The molecule has 0 aromatic carbocycles. The molecule has 7 heteroatoms. The van der Waals surface area contributed by atoms with Gasteiger partial charge in [0.2, 0.25) is 0 Å². The minimum absolute atomic E-state index is 0.228. The molecule has 0 bridgehead atoms. The van der Waals surface area contributed by atoms with E-state index in [1.165, 1.54) is 18.5 Å². The highest BCUT2D eigenvalue weighted by molar-refractivity contribution is 9.09. The molecule has 0 atom stereocenters. The molecule has 1 amide bonds. The summed E-state index contributed by atoms with van der Waals surface area (Å²) in [7, 11) is 0. The average Bonchev–Trinajstić information content (AvgIpc) is 2.28. The summed E-state index contributed by atoms with van der Waals surface area (Å²) in [6.45, 7) is -0.349. The fourth-order valence-electron chi connectivity index (χ4n) is 1.14. The lowest BCUT2D eigenvalue weighted by atomic mass is 10.2. The van der Waals surface area contributed by atoms with Gasteiger partial charge in [0.15, 0.2) is 0 Å². The van der Waals surface area contributed by atoms with Crippen LogP contribution in [0, 0.1) is 0 Å². The normalized spacial score (nSPS) is 10.5. The molecule has 0 N–H and O–H groups in total. The van der Waals surface area contributed by atoms with E-state index in [-0.39, 0.29) is 12.1 Å². The molecule has 0 aliphatic rings. The molecule has 1 aromatic rings. The Hall–Kier alpha value is -1.11. The molecule has 0 fully saturated rings. The van der Waals surface area contributed by atoms with Gasteiger partial charge in [-0.1, -0.05) is 15.9 Å². The van der Waals surface area contributed by atoms with Crippen LogP contribution in [0.2, 0.25) is 0 Å². The molecule has 1 aromatic heterocycles. The van der Waals surface area contributed by atoms with E-state index in [4.69, 9.17) is 0 Å². The van der Waals surface area contributed by atoms with Crippen molar-refractivity contribution in [1.29, 1.82) is 0 Å². The summed E-state index contributed by atoms with van der Waals surface area (Å²) in [5.41, 5.74) is 0.261. The van der Waals surface area contributed by atoms with E-state index >= 15 is 0 Å². The minimum atomic E-state index is -2.54. The highest BCUT2D eigenvalue weighted by Crippen LogP contribution is 2.06. The van der Waals surface area contributed by atoms with Crippen molar-refractivity contribution in [3.05, 3.63) is 24.0 Å². The number of halogens is 3. The van der Waals surface area contributed by atoms with Crippen LogP contribution in [-0.2, 0) is 0 Å². The molecule has 0 aliphatic carbocycles. The first-order valence-electron chi connectivity index (χ1n) is 4.55. The van der Waals surface area contributed by atoms with Gasteiger partial charge in [0.1, 0.15) is 0 Å². The van der Waals surface area contributed by atoms with E-state index in [9.17, 15) is 13.6 Å². The molecule has 0 spiro atoms. The van der Waals surface area contributed by atoms with Crippen LogP contribution in [0.15, 0.2) is 18.5 Å². The fraction of sp³-hybridized carbons (Fsp3) is 0.444. The molecule has 88 valence electrons. The number of carbonyl (C=O) groups excluding carboxylic acids is 1. The standard InChI is InChI=1S/C9H10BrF2N3O/c10-2-4-15(6-8(11)12)9(16)7-1-3-13-14-5-7/h1,3,5,8H,2,4,6H2. The number of alkyl halides is 3. The van der Waals surface area contributed by atoms with Gasteiger partial charge in [0.25, 0.3) is 12.3 Å². The molecule has 0 aliphatic heterocycles. The summed E-state index contributed by atoms with van der Waals surface area (Å²) in [5, 5.41) is 7.49. The summed E-state index contributed by atoms with van der Waals surface area (Å²) in [6.07, 6.45) is 0.0644. The smallest absolute Gasteiger partial charge is 0.255 e. The van der Waals surface area contributed by atoms with Crippen molar-refractivity contribution < 1.29 is 13.6 Å². The Bertz CT molecular complexity index is 337. The van der Waals surface area contributed by atoms with Crippen molar-refractivity contribution in [1.82, 2.24) is 15.1 Å². The molecule has 0 saturated carbocycles. The zero-order valence-corrected chi connectivity index (χ0v) is 9.90.